The predicted octanol–water partition coefficient (Wildman–Crippen LogP) is -1.16. The van der Waals surface area contributed by atoms with E-state index in [0.717, 1.165) is 0 Å². The molecule has 20 heavy (non-hydrogen) atoms. The molecule has 1 saturated heterocycles. The highest BCUT2D eigenvalue weighted by Crippen LogP contribution is 2.09. The molecule has 114 valence electrons. The molecule has 1 aliphatic heterocycles. The van der Waals surface area contributed by atoms with E-state index in [2.05, 4.69) is 5.32 Å². The average molecular weight is 288 g/mol. The van der Waals surface area contributed by atoms with Crippen molar-refractivity contribution in [2.45, 2.75) is 26.0 Å². The molecule has 0 spiro atoms. The second-order valence-electron chi connectivity index (χ2n) is 4.46. The lowest BCUT2D eigenvalue weighted by molar-refractivity contribution is -0.165. The summed E-state index contributed by atoms with van der Waals surface area (Å²) >= 11 is 0. The zero-order valence-corrected chi connectivity index (χ0v) is 11.6. The van der Waals surface area contributed by atoms with Gasteiger partial charge in [-0.05, 0) is 6.92 Å². The van der Waals surface area contributed by atoms with Crippen LogP contribution in [0.5, 0.6) is 0 Å². The first-order valence-electron chi connectivity index (χ1n) is 6.40. The van der Waals surface area contributed by atoms with Gasteiger partial charge in [-0.1, -0.05) is 0 Å². The van der Waals surface area contributed by atoms with Crippen molar-refractivity contribution in [2.24, 2.45) is 0 Å². The van der Waals surface area contributed by atoms with Crippen LogP contribution in [0.4, 0.5) is 0 Å². The molecule has 0 aromatic carbocycles. The van der Waals surface area contributed by atoms with Gasteiger partial charge >= 0.3 is 5.97 Å². The molecule has 0 bridgehead atoms. The van der Waals surface area contributed by atoms with Crippen molar-refractivity contribution in [1.82, 2.24) is 10.2 Å². The Balaban J connectivity index is 2.66. The number of carboxylic acids is 1. The molecular weight excluding hydrogens is 268 g/mol. The molecule has 2 unspecified atom stereocenters. The number of hydrogen-bond acceptors (Lipinski definition) is 5. The monoisotopic (exact) mass is 288 g/mol. The van der Waals surface area contributed by atoms with Crippen LogP contribution in [0.1, 0.15) is 13.8 Å². The number of hydrogen-bond donors (Lipinski definition) is 2. The van der Waals surface area contributed by atoms with E-state index >= 15 is 0 Å². The smallest absolute Gasteiger partial charge is 0.326 e. The number of ether oxygens (including phenoxy) is 2. The highest BCUT2D eigenvalue weighted by molar-refractivity contribution is 5.86. The van der Waals surface area contributed by atoms with E-state index in [0.29, 0.717) is 13.2 Å². The standard InChI is InChI=1S/C12H20N2O6/c1-8(12(17)18)14(4-3-13-9(2)15)11(16)10-7-19-5-6-20-10/h8,10H,3-7H2,1-2H3,(H,13,15)(H,17,18). The van der Waals surface area contributed by atoms with E-state index < -0.39 is 24.0 Å². The maximum Gasteiger partial charge on any atom is 0.326 e. The molecule has 0 radical (unpaired) electrons. The van der Waals surface area contributed by atoms with E-state index in [9.17, 15) is 14.4 Å². The van der Waals surface area contributed by atoms with E-state index in [-0.39, 0.29) is 25.6 Å². The van der Waals surface area contributed by atoms with Gasteiger partial charge in [-0.15, -0.1) is 0 Å². The maximum atomic E-state index is 12.3. The van der Waals surface area contributed by atoms with Gasteiger partial charge in [-0.3, -0.25) is 9.59 Å². The summed E-state index contributed by atoms with van der Waals surface area (Å²) < 4.78 is 10.4. The summed E-state index contributed by atoms with van der Waals surface area (Å²) in [7, 11) is 0. The number of nitrogens with zero attached hydrogens (tertiary/aromatic N) is 1. The quantitative estimate of drug-likeness (QED) is 0.638. The summed E-state index contributed by atoms with van der Waals surface area (Å²) in [5.74, 6) is -1.79. The molecule has 2 N–H and O–H groups in total. The molecule has 0 aromatic rings. The average Bonchev–Trinajstić information content (AvgIpc) is 2.43. The minimum Gasteiger partial charge on any atom is -0.480 e. The van der Waals surface area contributed by atoms with Crippen LogP contribution in [0.15, 0.2) is 0 Å². The normalized spacial score (nSPS) is 20.0. The predicted molar refractivity (Wildman–Crippen MR) is 68.1 cm³/mol. The van der Waals surface area contributed by atoms with E-state index in [1.165, 1.54) is 18.7 Å². The van der Waals surface area contributed by atoms with Crippen molar-refractivity contribution in [3.8, 4) is 0 Å². The molecule has 2 amide bonds. The Bertz CT molecular complexity index is 367. The van der Waals surface area contributed by atoms with Gasteiger partial charge in [0.15, 0.2) is 6.10 Å². The molecule has 8 nitrogen and oxygen atoms in total. The molecule has 0 aliphatic carbocycles. The Hall–Kier alpha value is -1.67. The second kappa shape index (κ2) is 7.81. The first kappa shape index (κ1) is 16.4. The van der Waals surface area contributed by atoms with Crippen molar-refractivity contribution in [2.75, 3.05) is 32.9 Å². The van der Waals surface area contributed by atoms with Crippen LogP contribution in [0.3, 0.4) is 0 Å². The van der Waals surface area contributed by atoms with Gasteiger partial charge in [0, 0.05) is 20.0 Å². The summed E-state index contributed by atoms with van der Waals surface area (Å²) in [6, 6.07) is -0.998. The van der Waals surface area contributed by atoms with Crippen LogP contribution < -0.4 is 5.32 Å². The molecule has 0 saturated carbocycles. The zero-order valence-electron chi connectivity index (χ0n) is 11.6. The topological polar surface area (TPSA) is 105 Å². The SMILES string of the molecule is CC(=O)NCCN(C(=O)C1COCCO1)C(C)C(=O)O. The first-order valence-corrected chi connectivity index (χ1v) is 6.40. The Kier molecular flexibility index (Phi) is 6.40. The van der Waals surface area contributed by atoms with Gasteiger partial charge in [-0.2, -0.15) is 0 Å². The fraction of sp³-hybridized carbons (Fsp3) is 0.750. The third-order valence-electron chi connectivity index (χ3n) is 2.93. The molecule has 8 heteroatoms. The summed E-state index contributed by atoms with van der Waals surface area (Å²) in [6.45, 7) is 3.89. The lowest BCUT2D eigenvalue weighted by Crippen LogP contribution is -2.53. The molecule has 1 rings (SSSR count). The minimum absolute atomic E-state index is 0.103. The van der Waals surface area contributed by atoms with Crippen molar-refractivity contribution in [1.29, 1.82) is 0 Å². The van der Waals surface area contributed by atoms with Crippen molar-refractivity contribution >= 4 is 17.8 Å². The molecule has 1 heterocycles. The van der Waals surface area contributed by atoms with E-state index in [4.69, 9.17) is 14.6 Å². The Morgan fingerprint density at radius 2 is 2.10 bits per heavy atom. The van der Waals surface area contributed by atoms with Gasteiger partial charge in [0.25, 0.3) is 5.91 Å². The number of amides is 2. The number of carbonyl (C=O) groups is 3. The number of carboxylic acid groups (broad SMARTS) is 1. The summed E-state index contributed by atoms with van der Waals surface area (Å²) in [4.78, 5) is 35.3. The van der Waals surface area contributed by atoms with E-state index in [1.54, 1.807) is 0 Å². The molecule has 0 aromatic heterocycles. The highest BCUT2D eigenvalue weighted by Gasteiger charge is 2.32. The lowest BCUT2D eigenvalue weighted by Gasteiger charge is -2.31. The zero-order chi connectivity index (χ0) is 15.1. The summed E-state index contributed by atoms with van der Waals surface area (Å²) in [6.07, 6.45) is -0.789. The van der Waals surface area contributed by atoms with Gasteiger partial charge in [0.1, 0.15) is 6.04 Å². The van der Waals surface area contributed by atoms with Crippen LogP contribution in [-0.2, 0) is 23.9 Å². The Morgan fingerprint density at radius 3 is 2.60 bits per heavy atom. The summed E-state index contributed by atoms with van der Waals surface area (Å²) in [5, 5.41) is 11.6. The minimum atomic E-state index is -1.11. The highest BCUT2D eigenvalue weighted by atomic mass is 16.6. The number of rotatable bonds is 6. The van der Waals surface area contributed by atoms with Gasteiger partial charge in [-0.25, -0.2) is 4.79 Å². The number of nitrogens with one attached hydrogen (secondary N) is 1. The Morgan fingerprint density at radius 1 is 1.40 bits per heavy atom. The largest absolute Gasteiger partial charge is 0.480 e. The molecule has 1 aliphatic rings. The number of aliphatic carboxylic acids is 1. The van der Waals surface area contributed by atoms with Crippen LogP contribution in [0.2, 0.25) is 0 Å². The second-order valence-corrected chi connectivity index (χ2v) is 4.46. The Labute approximate surface area is 117 Å². The van der Waals surface area contributed by atoms with Crippen LogP contribution in [0, 0.1) is 0 Å². The van der Waals surface area contributed by atoms with Crippen molar-refractivity contribution in [3.05, 3.63) is 0 Å². The third kappa shape index (κ3) is 4.78. The number of carbonyl (C=O) groups excluding carboxylic acids is 2. The third-order valence-corrected chi connectivity index (χ3v) is 2.93. The first-order chi connectivity index (χ1) is 9.43. The van der Waals surface area contributed by atoms with Crippen molar-refractivity contribution in [3.63, 3.8) is 0 Å². The fourth-order valence-corrected chi connectivity index (χ4v) is 1.80. The van der Waals surface area contributed by atoms with Crippen LogP contribution in [0.25, 0.3) is 0 Å². The molecular formula is C12H20N2O6. The maximum absolute atomic E-state index is 12.3. The van der Waals surface area contributed by atoms with Crippen LogP contribution in [-0.4, -0.2) is 72.8 Å². The fourth-order valence-electron chi connectivity index (χ4n) is 1.80. The van der Waals surface area contributed by atoms with Gasteiger partial charge in [0.2, 0.25) is 5.91 Å². The van der Waals surface area contributed by atoms with Gasteiger partial charge in [0.05, 0.1) is 19.8 Å². The molecule has 2 atom stereocenters. The van der Waals surface area contributed by atoms with Crippen molar-refractivity contribution < 1.29 is 29.0 Å². The summed E-state index contributed by atoms with van der Waals surface area (Å²) in [5.41, 5.74) is 0. The van der Waals surface area contributed by atoms with E-state index in [1.807, 2.05) is 0 Å². The van der Waals surface area contributed by atoms with Gasteiger partial charge < -0.3 is 24.8 Å². The lowest BCUT2D eigenvalue weighted by atomic mass is 10.2. The van der Waals surface area contributed by atoms with Crippen LogP contribution >= 0.6 is 0 Å². The molecule has 1 fully saturated rings.